The fraction of sp³-hybridized carbons (Fsp3) is 0.150. The fourth-order valence-electron chi connectivity index (χ4n) is 3.19. The maximum atomic E-state index is 12.4. The summed E-state index contributed by atoms with van der Waals surface area (Å²) in [7, 11) is 0. The van der Waals surface area contributed by atoms with Crippen molar-refractivity contribution in [3.8, 4) is 5.75 Å². The third-order valence-electron chi connectivity index (χ3n) is 4.41. The molecule has 10 heteroatoms. The second kappa shape index (κ2) is 8.27. The molecule has 0 aliphatic carbocycles. The zero-order valence-electron chi connectivity index (χ0n) is 15.2. The molecule has 1 atom stereocenters. The normalized spacial score (nSPS) is 16.5. The largest absolute Gasteiger partial charge is 0.573 e. The van der Waals surface area contributed by atoms with Gasteiger partial charge in [0.05, 0.1) is 16.2 Å². The first-order valence-corrected chi connectivity index (χ1v) is 8.62. The van der Waals surface area contributed by atoms with Crippen molar-refractivity contribution in [1.29, 1.82) is 0 Å². The standard InChI is InChI=1S/C20H15F3N2O5/c21-20(22,23)30-14-8-6-13(7-9-14)17-15(19(26)27)11-24-16(18(17)25(28)29)10-12-4-2-1-3-5-12/h1-9,11,17,24H,10H2,(H,26,27). The Morgan fingerprint density at radius 3 is 2.30 bits per heavy atom. The van der Waals surface area contributed by atoms with Gasteiger partial charge in [-0.1, -0.05) is 42.5 Å². The molecule has 0 saturated heterocycles. The summed E-state index contributed by atoms with van der Waals surface area (Å²) >= 11 is 0. The number of nitro groups is 1. The van der Waals surface area contributed by atoms with Crippen molar-refractivity contribution < 1.29 is 32.7 Å². The Hall–Kier alpha value is -3.82. The minimum absolute atomic E-state index is 0.145. The van der Waals surface area contributed by atoms with Crippen LogP contribution in [-0.2, 0) is 11.2 Å². The number of nitrogens with one attached hydrogen (secondary N) is 1. The Kier molecular flexibility index (Phi) is 5.77. The van der Waals surface area contributed by atoms with Crippen molar-refractivity contribution in [3.05, 3.63) is 99.0 Å². The number of carbonyl (C=O) groups is 1. The number of hydrogen-bond donors (Lipinski definition) is 2. The summed E-state index contributed by atoms with van der Waals surface area (Å²) in [5.41, 5.74) is 0.416. The molecule has 1 aliphatic rings. The first-order valence-electron chi connectivity index (χ1n) is 8.62. The quantitative estimate of drug-likeness (QED) is 0.542. The van der Waals surface area contributed by atoms with Gasteiger partial charge in [-0.3, -0.25) is 10.1 Å². The third-order valence-corrected chi connectivity index (χ3v) is 4.41. The number of rotatable bonds is 6. The van der Waals surface area contributed by atoms with E-state index in [1.807, 2.05) is 0 Å². The van der Waals surface area contributed by atoms with Gasteiger partial charge in [-0.05, 0) is 23.3 Å². The molecule has 30 heavy (non-hydrogen) atoms. The lowest BCUT2D eigenvalue weighted by Gasteiger charge is -2.23. The zero-order valence-corrected chi connectivity index (χ0v) is 15.2. The van der Waals surface area contributed by atoms with E-state index in [-0.39, 0.29) is 29.0 Å². The number of nitrogens with zero attached hydrogens (tertiary/aromatic N) is 1. The van der Waals surface area contributed by atoms with Gasteiger partial charge in [0.1, 0.15) is 11.7 Å². The molecule has 7 nitrogen and oxygen atoms in total. The number of hydrogen-bond acceptors (Lipinski definition) is 5. The van der Waals surface area contributed by atoms with Crippen LogP contribution in [0.15, 0.2) is 77.8 Å². The van der Waals surface area contributed by atoms with E-state index < -0.39 is 28.9 Å². The topological polar surface area (TPSA) is 102 Å². The summed E-state index contributed by atoms with van der Waals surface area (Å²) in [6.45, 7) is 0. The molecule has 0 amide bonds. The van der Waals surface area contributed by atoms with Crippen LogP contribution in [0.3, 0.4) is 0 Å². The van der Waals surface area contributed by atoms with E-state index in [4.69, 9.17) is 0 Å². The number of ether oxygens (including phenoxy) is 1. The zero-order chi connectivity index (χ0) is 21.9. The molecule has 0 fully saturated rings. The van der Waals surface area contributed by atoms with E-state index in [1.165, 1.54) is 18.3 Å². The summed E-state index contributed by atoms with van der Waals surface area (Å²) < 4.78 is 40.9. The van der Waals surface area contributed by atoms with E-state index >= 15 is 0 Å². The van der Waals surface area contributed by atoms with Crippen LogP contribution in [0.4, 0.5) is 13.2 Å². The Balaban J connectivity index is 2.04. The van der Waals surface area contributed by atoms with Crippen LogP contribution in [0.5, 0.6) is 5.75 Å². The summed E-state index contributed by atoms with van der Waals surface area (Å²) in [6, 6.07) is 13.2. The molecule has 0 radical (unpaired) electrons. The molecule has 3 rings (SSSR count). The van der Waals surface area contributed by atoms with E-state index in [0.717, 1.165) is 17.7 Å². The van der Waals surface area contributed by atoms with Crippen molar-refractivity contribution in [2.45, 2.75) is 18.7 Å². The number of alkyl halides is 3. The lowest BCUT2D eigenvalue weighted by Crippen LogP contribution is -2.29. The van der Waals surface area contributed by atoms with Crippen LogP contribution < -0.4 is 10.1 Å². The lowest BCUT2D eigenvalue weighted by molar-refractivity contribution is -0.431. The van der Waals surface area contributed by atoms with Crippen molar-refractivity contribution in [2.75, 3.05) is 0 Å². The van der Waals surface area contributed by atoms with Gasteiger partial charge in [0, 0.05) is 12.6 Å². The fourth-order valence-corrected chi connectivity index (χ4v) is 3.19. The van der Waals surface area contributed by atoms with E-state index in [2.05, 4.69) is 10.1 Å². The van der Waals surface area contributed by atoms with Gasteiger partial charge in [-0.25, -0.2) is 4.79 Å². The van der Waals surface area contributed by atoms with Gasteiger partial charge in [-0.15, -0.1) is 13.2 Å². The van der Waals surface area contributed by atoms with Crippen LogP contribution in [0.1, 0.15) is 17.0 Å². The number of dihydropyridines is 1. The molecule has 0 spiro atoms. The van der Waals surface area contributed by atoms with Crippen molar-refractivity contribution in [2.24, 2.45) is 0 Å². The van der Waals surface area contributed by atoms with Gasteiger partial charge in [0.2, 0.25) is 0 Å². The smallest absolute Gasteiger partial charge is 0.478 e. The molecule has 2 aromatic rings. The molecule has 2 N–H and O–H groups in total. The highest BCUT2D eigenvalue weighted by Gasteiger charge is 2.39. The molecule has 1 aliphatic heterocycles. The van der Waals surface area contributed by atoms with E-state index in [1.54, 1.807) is 30.3 Å². The molecule has 1 heterocycles. The van der Waals surface area contributed by atoms with Gasteiger partial charge in [-0.2, -0.15) is 0 Å². The van der Waals surface area contributed by atoms with Crippen LogP contribution in [0.25, 0.3) is 0 Å². The number of carboxylic acids is 1. The predicted octanol–water partition coefficient (Wildman–Crippen LogP) is 3.97. The monoisotopic (exact) mass is 420 g/mol. The second-order valence-electron chi connectivity index (χ2n) is 6.38. The first kappa shape index (κ1) is 20.9. The average molecular weight is 420 g/mol. The summed E-state index contributed by atoms with van der Waals surface area (Å²) in [4.78, 5) is 22.9. The van der Waals surface area contributed by atoms with Gasteiger partial charge in [0.25, 0.3) is 5.70 Å². The summed E-state index contributed by atoms with van der Waals surface area (Å²) in [5.74, 6) is -3.18. The van der Waals surface area contributed by atoms with Crippen LogP contribution in [-0.4, -0.2) is 22.4 Å². The SMILES string of the molecule is O=C(O)C1=CNC(Cc2ccccc2)=C([N+](=O)[O-])C1c1ccc(OC(F)(F)F)cc1. The minimum Gasteiger partial charge on any atom is -0.478 e. The average Bonchev–Trinajstić information content (AvgIpc) is 2.67. The highest BCUT2D eigenvalue weighted by atomic mass is 19.4. The Bertz CT molecular complexity index is 1010. The maximum Gasteiger partial charge on any atom is 0.573 e. The highest BCUT2D eigenvalue weighted by Crippen LogP contribution is 2.38. The van der Waals surface area contributed by atoms with Gasteiger partial charge >= 0.3 is 12.3 Å². The molecule has 0 saturated carbocycles. The van der Waals surface area contributed by atoms with Gasteiger partial charge < -0.3 is 15.2 Å². The molecule has 0 bridgehead atoms. The van der Waals surface area contributed by atoms with Gasteiger partial charge in [0.15, 0.2) is 0 Å². The second-order valence-corrected chi connectivity index (χ2v) is 6.38. The number of benzene rings is 2. The molecule has 0 aromatic heterocycles. The van der Waals surface area contributed by atoms with Crippen molar-refractivity contribution in [3.63, 3.8) is 0 Å². The van der Waals surface area contributed by atoms with Crippen LogP contribution in [0, 0.1) is 10.1 Å². The molecule has 1 unspecified atom stereocenters. The van der Waals surface area contributed by atoms with Crippen LogP contribution in [0.2, 0.25) is 0 Å². The molecular formula is C20H15F3N2O5. The number of halogens is 3. The summed E-state index contributed by atoms with van der Waals surface area (Å²) in [5, 5.41) is 24.1. The minimum atomic E-state index is -4.89. The Labute approximate surface area is 168 Å². The Morgan fingerprint density at radius 2 is 1.77 bits per heavy atom. The molecular weight excluding hydrogens is 405 g/mol. The van der Waals surface area contributed by atoms with E-state index in [9.17, 15) is 33.2 Å². The number of allylic oxidation sites excluding steroid dienone is 2. The number of carboxylic acid groups (broad SMARTS) is 1. The lowest BCUT2D eigenvalue weighted by atomic mass is 9.85. The Morgan fingerprint density at radius 1 is 1.13 bits per heavy atom. The molecule has 156 valence electrons. The van der Waals surface area contributed by atoms with Crippen molar-refractivity contribution in [1.82, 2.24) is 5.32 Å². The summed E-state index contributed by atoms with van der Waals surface area (Å²) in [6.07, 6.45) is -3.58. The predicted molar refractivity (Wildman–Crippen MR) is 98.9 cm³/mol. The highest BCUT2D eigenvalue weighted by molar-refractivity contribution is 5.89. The number of aliphatic carboxylic acids is 1. The molecule has 2 aromatic carbocycles. The third kappa shape index (κ3) is 4.77. The first-order chi connectivity index (χ1) is 14.2. The van der Waals surface area contributed by atoms with Crippen LogP contribution >= 0.6 is 0 Å². The van der Waals surface area contributed by atoms with E-state index in [0.29, 0.717) is 0 Å². The maximum absolute atomic E-state index is 12.4. The van der Waals surface area contributed by atoms with Crippen molar-refractivity contribution >= 4 is 5.97 Å².